The topological polar surface area (TPSA) is 31.0 Å². The summed E-state index contributed by atoms with van der Waals surface area (Å²) in [5.74, 6) is 0. The van der Waals surface area contributed by atoms with Gasteiger partial charge in [-0.1, -0.05) is 140 Å². The van der Waals surface area contributed by atoms with Crippen molar-refractivity contribution in [2.45, 2.75) is 0 Å². The largest absolute Gasteiger partial charge is 0.455 e. The lowest BCUT2D eigenvalue weighted by Crippen LogP contribution is -1.95. The summed E-state index contributed by atoms with van der Waals surface area (Å²) in [5, 5.41) is 7.99. The Labute approximate surface area is 299 Å². The molecule has 11 aromatic rings. The second-order valence-corrected chi connectivity index (χ2v) is 13.5. The van der Waals surface area contributed by atoms with Crippen molar-refractivity contribution in [1.82, 2.24) is 9.55 Å². The number of para-hydroxylation sites is 2. The maximum absolute atomic E-state index is 6.57. The zero-order valence-electron chi connectivity index (χ0n) is 28.1. The fraction of sp³-hybridized carbons (Fsp3) is 0. The van der Waals surface area contributed by atoms with Crippen LogP contribution in [-0.2, 0) is 0 Å². The van der Waals surface area contributed by atoms with Crippen molar-refractivity contribution in [1.29, 1.82) is 0 Å². The van der Waals surface area contributed by atoms with E-state index in [2.05, 4.69) is 174 Å². The van der Waals surface area contributed by atoms with E-state index in [0.29, 0.717) is 0 Å². The molecule has 0 N–H and O–H groups in total. The van der Waals surface area contributed by atoms with Gasteiger partial charge in [-0.15, -0.1) is 0 Å². The predicted octanol–water partition coefficient (Wildman–Crippen LogP) is 13.4. The SMILES string of the molecule is c1ccc(-c2ccc3c4ccc(-c5ccccc5)cc4n(-c4ccc(-c5nc6ccccc6c6c5ccc5c7ccccc7oc56)cc4)c3c2)cc1. The van der Waals surface area contributed by atoms with Crippen molar-refractivity contribution >= 4 is 65.4 Å². The lowest BCUT2D eigenvalue weighted by Gasteiger charge is -2.13. The molecule has 0 fully saturated rings. The maximum atomic E-state index is 6.57. The highest BCUT2D eigenvalue weighted by atomic mass is 16.3. The monoisotopic (exact) mass is 662 g/mol. The lowest BCUT2D eigenvalue weighted by molar-refractivity contribution is 0.673. The molecular formula is C49H30N2O. The molecule has 52 heavy (non-hydrogen) atoms. The van der Waals surface area contributed by atoms with E-state index in [1.165, 1.54) is 44.1 Å². The summed E-state index contributed by atoms with van der Waals surface area (Å²) in [5.41, 5.74) is 13.0. The first-order chi connectivity index (χ1) is 25.8. The van der Waals surface area contributed by atoms with Crippen LogP contribution >= 0.6 is 0 Å². The van der Waals surface area contributed by atoms with Crippen LogP contribution < -0.4 is 0 Å². The van der Waals surface area contributed by atoms with Crippen molar-refractivity contribution in [2.24, 2.45) is 0 Å². The van der Waals surface area contributed by atoms with Gasteiger partial charge in [-0.25, -0.2) is 4.98 Å². The molecule has 0 unspecified atom stereocenters. The van der Waals surface area contributed by atoms with Gasteiger partial charge in [0.1, 0.15) is 11.2 Å². The first kappa shape index (κ1) is 28.8. The molecule has 0 spiro atoms. The van der Waals surface area contributed by atoms with Crippen molar-refractivity contribution in [3.63, 3.8) is 0 Å². The number of rotatable bonds is 4. The molecule has 0 aliphatic heterocycles. The fourth-order valence-electron chi connectivity index (χ4n) is 8.12. The number of nitrogens with zero attached hydrogens (tertiary/aromatic N) is 2. The Bertz CT molecular complexity index is 3060. The van der Waals surface area contributed by atoms with Crippen LogP contribution in [0, 0.1) is 0 Å². The van der Waals surface area contributed by atoms with Gasteiger partial charge >= 0.3 is 0 Å². The number of pyridine rings is 1. The molecule has 0 radical (unpaired) electrons. The Hall–Kier alpha value is -6.97. The van der Waals surface area contributed by atoms with Gasteiger partial charge in [0.05, 0.1) is 22.2 Å². The molecule has 3 heterocycles. The average Bonchev–Trinajstić information content (AvgIpc) is 3.76. The summed E-state index contributed by atoms with van der Waals surface area (Å²) < 4.78 is 8.98. The molecular weight excluding hydrogens is 633 g/mol. The molecule has 242 valence electrons. The molecule has 0 aliphatic rings. The number of furan rings is 1. The van der Waals surface area contributed by atoms with Crippen LogP contribution in [-0.4, -0.2) is 9.55 Å². The van der Waals surface area contributed by atoms with Crippen LogP contribution in [0.25, 0.3) is 105 Å². The third kappa shape index (κ3) is 4.36. The molecule has 0 bridgehead atoms. The van der Waals surface area contributed by atoms with Crippen LogP contribution in [0.5, 0.6) is 0 Å². The molecule has 3 nitrogen and oxygen atoms in total. The molecule has 8 aromatic carbocycles. The number of aromatic nitrogens is 2. The summed E-state index contributed by atoms with van der Waals surface area (Å²) in [7, 11) is 0. The third-order valence-electron chi connectivity index (χ3n) is 10.6. The third-order valence-corrected chi connectivity index (χ3v) is 10.6. The first-order valence-corrected chi connectivity index (χ1v) is 17.7. The minimum absolute atomic E-state index is 0.897. The normalized spacial score (nSPS) is 11.8. The average molecular weight is 663 g/mol. The Kier molecular flexibility index (Phi) is 6.25. The summed E-state index contributed by atoms with van der Waals surface area (Å²) >= 11 is 0. The highest BCUT2D eigenvalue weighted by Gasteiger charge is 2.19. The van der Waals surface area contributed by atoms with Gasteiger partial charge in [0.2, 0.25) is 0 Å². The van der Waals surface area contributed by atoms with E-state index in [1.54, 1.807) is 0 Å². The van der Waals surface area contributed by atoms with Crippen molar-refractivity contribution in [2.75, 3.05) is 0 Å². The molecule has 3 heteroatoms. The van der Waals surface area contributed by atoms with Crippen molar-refractivity contribution in [3.05, 3.63) is 182 Å². The van der Waals surface area contributed by atoms with Gasteiger partial charge in [0.25, 0.3) is 0 Å². The zero-order valence-corrected chi connectivity index (χ0v) is 28.1. The highest BCUT2D eigenvalue weighted by Crippen LogP contribution is 2.42. The smallest absolute Gasteiger partial charge is 0.144 e. The number of hydrogen-bond donors (Lipinski definition) is 0. The van der Waals surface area contributed by atoms with E-state index in [9.17, 15) is 0 Å². The van der Waals surface area contributed by atoms with Gasteiger partial charge in [0, 0.05) is 49.0 Å². The Morgan fingerprint density at radius 1 is 0.385 bits per heavy atom. The summed E-state index contributed by atoms with van der Waals surface area (Å²) in [4.78, 5) is 5.27. The summed E-state index contributed by atoms with van der Waals surface area (Å²) in [6, 6.07) is 64.9. The summed E-state index contributed by atoms with van der Waals surface area (Å²) in [6.07, 6.45) is 0. The molecule has 0 atom stereocenters. The number of hydrogen-bond acceptors (Lipinski definition) is 2. The van der Waals surface area contributed by atoms with Gasteiger partial charge in [-0.3, -0.25) is 0 Å². The standard InChI is InChI=1S/C49H30N2O/c1-3-11-31(12-4-1)34-21-25-37-38-26-22-35(32-13-5-2-6-14-32)30-45(38)51(44(37)29-34)36-23-19-33(20-24-36)48-42-28-27-40-39-15-8-10-18-46(39)52-49(40)47(42)41-16-7-9-17-43(41)50-48/h1-30H. The fourth-order valence-corrected chi connectivity index (χ4v) is 8.12. The van der Waals surface area contributed by atoms with E-state index in [4.69, 9.17) is 9.40 Å². The summed E-state index contributed by atoms with van der Waals surface area (Å²) in [6.45, 7) is 0. The second-order valence-electron chi connectivity index (χ2n) is 13.5. The van der Waals surface area contributed by atoms with E-state index in [1.807, 2.05) is 12.1 Å². The zero-order chi connectivity index (χ0) is 34.2. The Morgan fingerprint density at radius 2 is 0.923 bits per heavy atom. The molecule has 0 saturated heterocycles. The predicted molar refractivity (Wildman–Crippen MR) is 217 cm³/mol. The van der Waals surface area contributed by atoms with Gasteiger partial charge in [-0.05, 0) is 64.7 Å². The first-order valence-electron chi connectivity index (χ1n) is 17.7. The van der Waals surface area contributed by atoms with Crippen LogP contribution in [0.15, 0.2) is 186 Å². The lowest BCUT2D eigenvalue weighted by atomic mass is 9.97. The Balaban J connectivity index is 1.13. The van der Waals surface area contributed by atoms with Crippen LogP contribution in [0.4, 0.5) is 0 Å². The molecule has 0 amide bonds. The molecule has 11 rings (SSSR count). The number of benzene rings is 8. The number of fused-ring (bicyclic) bond motifs is 10. The Morgan fingerprint density at radius 3 is 1.60 bits per heavy atom. The minimum atomic E-state index is 0.897. The molecule has 0 saturated carbocycles. The molecule has 0 aliphatic carbocycles. The quantitative estimate of drug-likeness (QED) is 0.176. The van der Waals surface area contributed by atoms with Crippen LogP contribution in [0.3, 0.4) is 0 Å². The van der Waals surface area contributed by atoms with E-state index < -0.39 is 0 Å². The van der Waals surface area contributed by atoms with Crippen LogP contribution in [0.1, 0.15) is 0 Å². The van der Waals surface area contributed by atoms with Gasteiger partial charge < -0.3 is 8.98 Å². The maximum Gasteiger partial charge on any atom is 0.144 e. The van der Waals surface area contributed by atoms with Gasteiger partial charge in [0.15, 0.2) is 0 Å². The van der Waals surface area contributed by atoms with Crippen molar-refractivity contribution in [3.8, 4) is 39.2 Å². The van der Waals surface area contributed by atoms with Crippen molar-refractivity contribution < 1.29 is 4.42 Å². The van der Waals surface area contributed by atoms with E-state index in [-0.39, 0.29) is 0 Å². The second kappa shape index (κ2) is 11.3. The van der Waals surface area contributed by atoms with Gasteiger partial charge in [-0.2, -0.15) is 0 Å². The molecule has 3 aromatic heterocycles. The van der Waals surface area contributed by atoms with E-state index in [0.717, 1.165) is 60.6 Å². The highest BCUT2D eigenvalue weighted by molar-refractivity contribution is 6.24. The van der Waals surface area contributed by atoms with E-state index >= 15 is 0 Å². The minimum Gasteiger partial charge on any atom is -0.455 e. The van der Waals surface area contributed by atoms with Crippen LogP contribution in [0.2, 0.25) is 0 Å².